The maximum absolute atomic E-state index is 11.7. The summed E-state index contributed by atoms with van der Waals surface area (Å²) in [5.74, 6) is -0.145. The third-order valence-electron chi connectivity index (χ3n) is 2.73. The molecule has 1 aliphatic heterocycles. The van der Waals surface area contributed by atoms with E-state index in [0.29, 0.717) is 32.7 Å². The van der Waals surface area contributed by atoms with Crippen LogP contribution in [0.1, 0.15) is 19.8 Å². The van der Waals surface area contributed by atoms with Crippen molar-refractivity contribution in [2.75, 3.05) is 45.9 Å². The summed E-state index contributed by atoms with van der Waals surface area (Å²) in [7, 11) is 0. The molecular formula is C12H23N3O3. The summed E-state index contributed by atoms with van der Waals surface area (Å²) >= 11 is 0. The van der Waals surface area contributed by atoms with Crippen LogP contribution in [0.15, 0.2) is 0 Å². The van der Waals surface area contributed by atoms with Gasteiger partial charge in [0.15, 0.2) is 0 Å². The van der Waals surface area contributed by atoms with Crippen molar-refractivity contribution in [3.63, 3.8) is 0 Å². The second kappa shape index (κ2) is 8.88. The number of amides is 2. The van der Waals surface area contributed by atoms with Gasteiger partial charge in [-0.2, -0.15) is 0 Å². The molecule has 0 saturated carbocycles. The summed E-state index contributed by atoms with van der Waals surface area (Å²) in [4.78, 5) is 24.9. The van der Waals surface area contributed by atoms with E-state index in [0.717, 1.165) is 19.5 Å². The van der Waals surface area contributed by atoms with E-state index >= 15 is 0 Å². The van der Waals surface area contributed by atoms with E-state index in [9.17, 15) is 9.59 Å². The first kappa shape index (κ1) is 14.9. The maximum Gasteiger partial charge on any atom is 0.242 e. The summed E-state index contributed by atoms with van der Waals surface area (Å²) < 4.78 is 5.21. The Morgan fingerprint density at radius 3 is 2.67 bits per heavy atom. The summed E-state index contributed by atoms with van der Waals surface area (Å²) in [6, 6.07) is 0. The molecule has 6 nitrogen and oxygen atoms in total. The van der Waals surface area contributed by atoms with Crippen LogP contribution in [-0.2, 0) is 14.3 Å². The summed E-state index contributed by atoms with van der Waals surface area (Å²) in [6.07, 6.45) is 1.26. The number of rotatable bonds is 7. The van der Waals surface area contributed by atoms with Crippen molar-refractivity contribution < 1.29 is 14.3 Å². The molecule has 1 heterocycles. The number of nitrogens with zero attached hydrogens (tertiary/aromatic N) is 1. The van der Waals surface area contributed by atoms with Gasteiger partial charge < -0.3 is 20.3 Å². The predicted molar refractivity (Wildman–Crippen MR) is 68.2 cm³/mol. The van der Waals surface area contributed by atoms with E-state index in [1.807, 2.05) is 6.92 Å². The number of ether oxygens (including phenoxy) is 1. The molecule has 0 radical (unpaired) electrons. The van der Waals surface area contributed by atoms with Crippen molar-refractivity contribution >= 4 is 11.8 Å². The molecule has 1 aliphatic rings. The van der Waals surface area contributed by atoms with E-state index in [1.165, 1.54) is 0 Å². The molecule has 2 amide bonds. The molecule has 18 heavy (non-hydrogen) atoms. The SMILES string of the molecule is CCCOCCC(=O)NCC(=O)N1CCNCC1. The quantitative estimate of drug-likeness (QED) is 0.595. The Bertz CT molecular complexity index is 265. The molecule has 0 atom stereocenters. The minimum absolute atomic E-state index is 0.0145. The van der Waals surface area contributed by atoms with Crippen molar-refractivity contribution in [3.05, 3.63) is 0 Å². The van der Waals surface area contributed by atoms with Gasteiger partial charge in [-0.1, -0.05) is 6.92 Å². The van der Waals surface area contributed by atoms with Gasteiger partial charge in [0.25, 0.3) is 0 Å². The molecule has 0 aliphatic carbocycles. The van der Waals surface area contributed by atoms with E-state index in [2.05, 4.69) is 10.6 Å². The number of piperazine rings is 1. The minimum atomic E-state index is -0.130. The smallest absolute Gasteiger partial charge is 0.242 e. The van der Waals surface area contributed by atoms with Gasteiger partial charge in [-0.15, -0.1) is 0 Å². The second-order valence-electron chi connectivity index (χ2n) is 4.27. The minimum Gasteiger partial charge on any atom is -0.381 e. The predicted octanol–water partition coefficient (Wildman–Crippen LogP) is -0.649. The van der Waals surface area contributed by atoms with Crippen LogP contribution in [0.2, 0.25) is 0 Å². The summed E-state index contributed by atoms with van der Waals surface area (Å²) in [6.45, 7) is 6.28. The van der Waals surface area contributed by atoms with E-state index in [-0.39, 0.29) is 18.4 Å². The second-order valence-corrected chi connectivity index (χ2v) is 4.27. The Morgan fingerprint density at radius 2 is 2.00 bits per heavy atom. The lowest BCUT2D eigenvalue weighted by atomic mass is 10.3. The van der Waals surface area contributed by atoms with Gasteiger partial charge in [0, 0.05) is 39.2 Å². The van der Waals surface area contributed by atoms with Crippen LogP contribution in [0.5, 0.6) is 0 Å². The van der Waals surface area contributed by atoms with Crippen molar-refractivity contribution in [3.8, 4) is 0 Å². The van der Waals surface area contributed by atoms with Gasteiger partial charge in [-0.05, 0) is 6.42 Å². The lowest BCUT2D eigenvalue weighted by Crippen LogP contribution is -2.49. The highest BCUT2D eigenvalue weighted by Gasteiger charge is 2.16. The van der Waals surface area contributed by atoms with Crippen LogP contribution in [0.3, 0.4) is 0 Å². The fourth-order valence-electron chi connectivity index (χ4n) is 1.70. The number of hydrogen-bond donors (Lipinski definition) is 2. The Labute approximate surface area is 108 Å². The number of nitrogens with one attached hydrogen (secondary N) is 2. The fraction of sp³-hybridized carbons (Fsp3) is 0.833. The van der Waals surface area contributed by atoms with Crippen LogP contribution >= 0.6 is 0 Å². The van der Waals surface area contributed by atoms with E-state index in [1.54, 1.807) is 4.90 Å². The van der Waals surface area contributed by atoms with Gasteiger partial charge in [0.2, 0.25) is 11.8 Å². The van der Waals surface area contributed by atoms with Crippen LogP contribution in [0.25, 0.3) is 0 Å². The van der Waals surface area contributed by atoms with Crippen molar-refractivity contribution in [1.82, 2.24) is 15.5 Å². The molecule has 0 unspecified atom stereocenters. The summed E-state index contributed by atoms with van der Waals surface area (Å²) in [5.41, 5.74) is 0. The molecule has 0 bridgehead atoms. The molecular weight excluding hydrogens is 234 g/mol. The van der Waals surface area contributed by atoms with Gasteiger partial charge in [0.05, 0.1) is 13.2 Å². The Hall–Kier alpha value is -1.14. The van der Waals surface area contributed by atoms with Gasteiger partial charge >= 0.3 is 0 Å². The average Bonchev–Trinajstić information content (AvgIpc) is 2.42. The van der Waals surface area contributed by atoms with Crippen molar-refractivity contribution in [2.45, 2.75) is 19.8 Å². The van der Waals surface area contributed by atoms with Crippen molar-refractivity contribution in [1.29, 1.82) is 0 Å². The molecule has 0 spiro atoms. The molecule has 2 N–H and O–H groups in total. The lowest BCUT2D eigenvalue weighted by Gasteiger charge is -2.27. The molecule has 0 aromatic heterocycles. The number of carbonyl (C=O) groups is 2. The van der Waals surface area contributed by atoms with Crippen LogP contribution < -0.4 is 10.6 Å². The zero-order valence-corrected chi connectivity index (χ0v) is 11.0. The Morgan fingerprint density at radius 1 is 1.28 bits per heavy atom. The molecule has 0 aromatic carbocycles. The molecule has 1 fully saturated rings. The highest BCUT2D eigenvalue weighted by molar-refractivity contribution is 5.84. The van der Waals surface area contributed by atoms with Gasteiger partial charge in [-0.3, -0.25) is 9.59 Å². The van der Waals surface area contributed by atoms with E-state index in [4.69, 9.17) is 4.74 Å². The normalized spacial score (nSPS) is 15.5. The van der Waals surface area contributed by atoms with Crippen molar-refractivity contribution in [2.24, 2.45) is 0 Å². The average molecular weight is 257 g/mol. The fourth-order valence-corrected chi connectivity index (χ4v) is 1.70. The van der Waals surface area contributed by atoms with Crippen LogP contribution in [-0.4, -0.2) is 62.7 Å². The zero-order chi connectivity index (χ0) is 13.2. The summed E-state index contributed by atoms with van der Waals surface area (Å²) in [5, 5.41) is 5.80. The third kappa shape index (κ3) is 5.97. The largest absolute Gasteiger partial charge is 0.381 e. The molecule has 1 rings (SSSR count). The first-order chi connectivity index (χ1) is 8.74. The topological polar surface area (TPSA) is 70.7 Å². The highest BCUT2D eigenvalue weighted by atomic mass is 16.5. The third-order valence-corrected chi connectivity index (χ3v) is 2.73. The Kier molecular flexibility index (Phi) is 7.36. The standard InChI is InChI=1S/C12H23N3O3/c1-2-8-18-9-3-11(16)14-10-12(17)15-6-4-13-5-7-15/h13H,2-10H2,1H3,(H,14,16). The number of hydrogen-bond acceptors (Lipinski definition) is 4. The van der Waals surface area contributed by atoms with E-state index < -0.39 is 0 Å². The molecule has 6 heteroatoms. The number of carbonyl (C=O) groups excluding carboxylic acids is 2. The first-order valence-corrected chi connectivity index (χ1v) is 6.57. The Balaban J connectivity index is 2.07. The molecule has 0 aromatic rings. The van der Waals surface area contributed by atoms with Crippen LogP contribution in [0, 0.1) is 0 Å². The van der Waals surface area contributed by atoms with Gasteiger partial charge in [-0.25, -0.2) is 0 Å². The first-order valence-electron chi connectivity index (χ1n) is 6.57. The molecule has 1 saturated heterocycles. The van der Waals surface area contributed by atoms with Crippen LogP contribution in [0.4, 0.5) is 0 Å². The maximum atomic E-state index is 11.7. The molecule has 104 valence electrons. The monoisotopic (exact) mass is 257 g/mol. The van der Waals surface area contributed by atoms with Gasteiger partial charge in [0.1, 0.15) is 0 Å². The zero-order valence-electron chi connectivity index (χ0n) is 11.0. The highest BCUT2D eigenvalue weighted by Crippen LogP contribution is 1.93. The lowest BCUT2D eigenvalue weighted by molar-refractivity contribution is -0.133.